The van der Waals surface area contributed by atoms with E-state index in [0.29, 0.717) is 34.1 Å². The number of hydrogen-bond acceptors (Lipinski definition) is 6. The molecule has 2 heterocycles. The lowest BCUT2D eigenvalue weighted by atomic mass is 9.96. The molecule has 24 heavy (non-hydrogen) atoms. The molecule has 3 rings (SSSR count). The Kier molecular flexibility index (Phi) is 4.74. The lowest BCUT2D eigenvalue weighted by molar-refractivity contribution is -0.0223. The molecule has 0 bridgehead atoms. The van der Waals surface area contributed by atoms with Crippen LogP contribution in [0, 0.1) is 0 Å². The van der Waals surface area contributed by atoms with Crippen LogP contribution in [0.2, 0.25) is 10.0 Å². The maximum Gasteiger partial charge on any atom is 0.154 e. The number of aromatic amines is 1. The van der Waals surface area contributed by atoms with Crippen molar-refractivity contribution in [3.63, 3.8) is 0 Å². The molecule has 2 aromatic rings. The van der Waals surface area contributed by atoms with Gasteiger partial charge < -0.3 is 30.4 Å². The Morgan fingerprint density at radius 2 is 2.08 bits per heavy atom. The number of aldehydes is 1. The van der Waals surface area contributed by atoms with Gasteiger partial charge in [0.05, 0.1) is 22.2 Å². The Bertz CT molecular complexity index is 794. The minimum Gasteiger partial charge on any atom is -0.394 e. The van der Waals surface area contributed by atoms with Gasteiger partial charge in [-0.15, -0.1) is 0 Å². The van der Waals surface area contributed by atoms with E-state index in [2.05, 4.69) is 10.3 Å². The minimum atomic E-state index is -1.33. The Morgan fingerprint density at radius 3 is 2.62 bits per heavy atom. The molecule has 0 saturated carbocycles. The summed E-state index contributed by atoms with van der Waals surface area (Å²) in [6.07, 6.45) is -3.96. The van der Waals surface area contributed by atoms with Gasteiger partial charge in [-0.05, 0) is 6.07 Å². The number of carbonyl (C=O) groups excluding carboxylic acids is 1. The molecular formula is C15H16Cl2N2O5. The lowest BCUT2D eigenvalue weighted by Crippen LogP contribution is -2.32. The molecule has 5 N–H and O–H groups in total. The van der Waals surface area contributed by atoms with E-state index in [9.17, 15) is 20.1 Å². The monoisotopic (exact) mass is 374 g/mol. The largest absolute Gasteiger partial charge is 0.394 e. The number of benzene rings is 1. The second-order valence-corrected chi connectivity index (χ2v) is 6.33. The van der Waals surface area contributed by atoms with Crippen LogP contribution in [0.3, 0.4) is 0 Å². The van der Waals surface area contributed by atoms with Crippen LogP contribution >= 0.6 is 23.2 Å². The van der Waals surface area contributed by atoms with Crippen molar-refractivity contribution in [3.05, 3.63) is 27.2 Å². The lowest BCUT2D eigenvalue weighted by Gasteiger charge is -2.19. The number of ether oxygens (including phenoxy) is 1. The van der Waals surface area contributed by atoms with E-state index in [4.69, 9.17) is 27.9 Å². The van der Waals surface area contributed by atoms with Gasteiger partial charge in [-0.25, -0.2) is 0 Å². The number of anilines is 1. The van der Waals surface area contributed by atoms with Crippen molar-refractivity contribution in [2.75, 3.05) is 19.0 Å². The molecule has 0 unspecified atom stereocenters. The maximum absolute atomic E-state index is 11.6. The van der Waals surface area contributed by atoms with Gasteiger partial charge in [0.2, 0.25) is 0 Å². The van der Waals surface area contributed by atoms with Crippen molar-refractivity contribution in [1.82, 2.24) is 4.98 Å². The SMILES string of the molecule is CNc1[nH]c2cc(Cl)c(Cl)c([C@@H]3O[C@H](CO)[C@@H](O)[C@H]3O)c2c1C=O. The molecule has 1 aromatic carbocycles. The number of nitrogens with one attached hydrogen (secondary N) is 2. The second-order valence-electron chi connectivity index (χ2n) is 5.55. The van der Waals surface area contributed by atoms with Crippen LogP contribution in [-0.2, 0) is 4.74 Å². The number of hydrogen-bond donors (Lipinski definition) is 5. The summed E-state index contributed by atoms with van der Waals surface area (Å²) in [5.74, 6) is 0.464. The van der Waals surface area contributed by atoms with Gasteiger partial charge >= 0.3 is 0 Å². The zero-order chi connectivity index (χ0) is 17.6. The van der Waals surface area contributed by atoms with Crippen LogP contribution in [0.5, 0.6) is 0 Å². The fraction of sp³-hybridized carbons (Fsp3) is 0.400. The van der Waals surface area contributed by atoms with E-state index >= 15 is 0 Å². The van der Waals surface area contributed by atoms with Gasteiger partial charge in [0.25, 0.3) is 0 Å². The standard InChI is InChI=1S/C15H16Cl2N2O5/c1-18-15-5(3-20)9-7(19-15)2-6(16)11(17)10(9)14-13(23)12(22)8(4-21)24-14/h2-3,8,12-14,18-19,21-23H,4H2,1H3/t8-,12-,13-,14+/m1/s1. The van der Waals surface area contributed by atoms with Crippen molar-refractivity contribution >= 4 is 46.2 Å². The molecule has 1 aliphatic heterocycles. The Labute approximate surface area is 147 Å². The van der Waals surface area contributed by atoms with E-state index in [-0.39, 0.29) is 10.0 Å². The summed E-state index contributed by atoms with van der Waals surface area (Å²) >= 11 is 12.5. The van der Waals surface area contributed by atoms with E-state index in [0.717, 1.165) is 0 Å². The highest BCUT2D eigenvalue weighted by atomic mass is 35.5. The van der Waals surface area contributed by atoms with Gasteiger partial charge in [0, 0.05) is 23.5 Å². The summed E-state index contributed by atoms with van der Waals surface area (Å²) in [4.78, 5) is 14.6. The van der Waals surface area contributed by atoms with Crippen molar-refractivity contribution in [2.24, 2.45) is 0 Å². The average Bonchev–Trinajstić information content (AvgIpc) is 3.07. The zero-order valence-corrected chi connectivity index (χ0v) is 14.1. The second kappa shape index (κ2) is 6.51. The third kappa shape index (κ3) is 2.48. The zero-order valence-electron chi connectivity index (χ0n) is 12.6. The van der Waals surface area contributed by atoms with E-state index in [1.165, 1.54) is 0 Å². The van der Waals surface area contributed by atoms with Crippen molar-refractivity contribution < 1.29 is 24.9 Å². The molecule has 0 aliphatic carbocycles. The van der Waals surface area contributed by atoms with Crippen LogP contribution in [0.25, 0.3) is 10.9 Å². The first-order valence-corrected chi connectivity index (χ1v) is 7.99. The predicted molar refractivity (Wildman–Crippen MR) is 90.0 cm³/mol. The van der Waals surface area contributed by atoms with Crippen molar-refractivity contribution in [3.8, 4) is 0 Å². The topological polar surface area (TPSA) is 115 Å². The number of rotatable bonds is 4. The highest BCUT2D eigenvalue weighted by Crippen LogP contribution is 2.45. The summed E-state index contributed by atoms with van der Waals surface area (Å²) in [6.45, 7) is -0.467. The van der Waals surface area contributed by atoms with E-state index in [1.807, 2.05) is 0 Å². The van der Waals surface area contributed by atoms with Gasteiger partial charge in [0.1, 0.15) is 30.2 Å². The Balaban J connectivity index is 2.28. The van der Waals surface area contributed by atoms with Crippen LogP contribution in [-0.4, -0.2) is 58.6 Å². The minimum absolute atomic E-state index is 0.115. The van der Waals surface area contributed by atoms with Gasteiger partial charge in [-0.3, -0.25) is 4.79 Å². The number of aromatic nitrogens is 1. The van der Waals surface area contributed by atoms with Crippen LogP contribution in [0.15, 0.2) is 6.07 Å². The number of aliphatic hydroxyl groups excluding tert-OH is 3. The van der Waals surface area contributed by atoms with E-state index < -0.39 is 31.0 Å². The molecule has 1 aromatic heterocycles. The fourth-order valence-corrected chi connectivity index (χ4v) is 3.55. The number of halogens is 2. The molecule has 0 radical (unpaired) electrons. The quantitative estimate of drug-likeness (QED) is 0.518. The molecule has 4 atom stereocenters. The van der Waals surface area contributed by atoms with E-state index in [1.54, 1.807) is 13.1 Å². The molecule has 1 saturated heterocycles. The normalized spacial score (nSPS) is 26.9. The highest BCUT2D eigenvalue weighted by Gasteiger charge is 2.45. The third-order valence-electron chi connectivity index (χ3n) is 4.25. The maximum atomic E-state index is 11.6. The van der Waals surface area contributed by atoms with Gasteiger partial charge in [-0.1, -0.05) is 23.2 Å². The first-order chi connectivity index (χ1) is 11.4. The summed E-state index contributed by atoms with van der Waals surface area (Å²) in [6, 6.07) is 1.57. The Morgan fingerprint density at radius 1 is 1.38 bits per heavy atom. The molecule has 0 amide bonds. The number of aliphatic hydroxyl groups is 3. The molecular weight excluding hydrogens is 359 g/mol. The number of H-pyrrole nitrogens is 1. The van der Waals surface area contributed by atoms with Crippen LogP contribution in [0.4, 0.5) is 5.82 Å². The first-order valence-electron chi connectivity index (χ1n) is 7.23. The number of carbonyl (C=O) groups is 1. The van der Waals surface area contributed by atoms with Crippen LogP contribution in [0.1, 0.15) is 22.0 Å². The molecule has 130 valence electrons. The molecule has 1 aliphatic rings. The molecule has 7 nitrogen and oxygen atoms in total. The molecule has 0 spiro atoms. The van der Waals surface area contributed by atoms with Gasteiger partial charge in [-0.2, -0.15) is 0 Å². The average molecular weight is 375 g/mol. The first kappa shape index (κ1) is 17.5. The molecule has 1 fully saturated rings. The van der Waals surface area contributed by atoms with Crippen LogP contribution < -0.4 is 5.32 Å². The fourth-order valence-electron chi connectivity index (χ4n) is 3.08. The third-order valence-corrected chi connectivity index (χ3v) is 5.05. The van der Waals surface area contributed by atoms with Crippen molar-refractivity contribution in [2.45, 2.75) is 24.4 Å². The smallest absolute Gasteiger partial charge is 0.154 e. The summed E-state index contributed by atoms with van der Waals surface area (Å²) in [5, 5.41) is 33.2. The highest BCUT2D eigenvalue weighted by molar-refractivity contribution is 6.43. The van der Waals surface area contributed by atoms with Gasteiger partial charge in [0.15, 0.2) is 6.29 Å². The summed E-state index contributed by atoms with van der Waals surface area (Å²) in [7, 11) is 1.65. The summed E-state index contributed by atoms with van der Waals surface area (Å²) < 4.78 is 5.56. The summed E-state index contributed by atoms with van der Waals surface area (Å²) in [5.41, 5.74) is 1.13. The Hall–Kier alpha value is -1.35. The van der Waals surface area contributed by atoms with Crippen molar-refractivity contribution in [1.29, 1.82) is 0 Å². The molecule has 9 heteroatoms. The predicted octanol–water partition coefficient (Wildman–Crippen LogP) is 1.48. The number of fused-ring (bicyclic) bond motifs is 1.